The van der Waals surface area contributed by atoms with Gasteiger partial charge in [0.15, 0.2) is 5.82 Å². The van der Waals surface area contributed by atoms with Crippen LogP contribution in [0.25, 0.3) is 0 Å². The molecule has 0 aliphatic rings. The Morgan fingerprint density at radius 2 is 1.95 bits per heavy atom. The Labute approximate surface area is 133 Å². The molecular formula is C15H21BrN4O. The number of aromatic nitrogens is 3. The SMILES string of the molecule is CC(C)(C)NCc1ncn(CCOc2ccc(Br)cc2)n1. The molecule has 114 valence electrons. The minimum Gasteiger partial charge on any atom is -0.492 e. The summed E-state index contributed by atoms with van der Waals surface area (Å²) in [5, 5.41) is 7.78. The van der Waals surface area contributed by atoms with Crippen molar-refractivity contribution < 1.29 is 4.74 Å². The summed E-state index contributed by atoms with van der Waals surface area (Å²) in [6, 6.07) is 7.79. The van der Waals surface area contributed by atoms with E-state index in [0.29, 0.717) is 19.7 Å². The second-order valence-electron chi connectivity index (χ2n) is 5.83. The summed E-state index contributed by atoms with van der Waals surface area (Å²) in [6.07, 6.45) is 1.74. The van der Waals surface area contributed by atoms with Gasteiger partial charge in [-0.2, -0.15) is 5.10 Å². The number of nitrogens with zero attached hydrogens (tertiary/aromatic N) is 3. The summed E-state index contributed by atoms with van der Waals surface area (Å²) in [6.45, 7) is 8.28. The van der Waals surface area contributed by atoms with Crippen molar-refractivity contribution in [2.75, 3.05) is 6.61 Å². The van der Waals surface area contributed by atoms with Gasteiger partial charge in [0.25, 0.3) is 0 Å². The van der Waals surface area contributed by atoms with E-state index in [1.807, 2.05) is 24.3 Å². The molecule has 5 nitrogen and oxygen atoms in total. The highest BCUT2D eigenvalue weighted by Gasteiger charge is 2.10. The van der Waals surface area contributed by atoms with Gasteiger partial charge >= 0.3 is 0 Å². The molecule has 2 aromatic rings. The second-order valence-corrected chi connectivity index (χ2v) is 6.75. The molecule has 0 spiro atoms. The van der Waals surface area contributed by atoms with Crippen LogP contribution in [0.4, 0.5) is 0 Å². The van der Waals surface area contributed by atoms with Crippen molar-refractivity contribution in [3.8, 4) is 5.75 Å². The molecule has 2 rings (SSSR count). The second kappa shape index (κ2) is 7.04. The maximum atomic E-state index is 5.66. The van der Waals surface area contributed by atoms with Crippen LogP contribution in [-0.2, 0) is 13.1 Å². The zero-order chi connectivity index (χ0) is 15.3. The van der Waals surface area contributed by atoms with Crippen LogP contribution >= 0.6 is 15.9 Å². The number of ether oxygens (including phenoxy) is 1. The molecule has 0 atom stereocenters. The molecule has 1 N–H and O–H groups in total. The highest BCUT2D eigenvalue weighted by molar-refractivity contribution is 9.10. The number of halogens is 1. The first-order chi connectivity index (χ1) is 9.92. The predicted molar refractivity (Wildman–Crippen MR) is 86.3 cm³/mol. The van der Waals surface area contributed by atoms with Crippen molar-refractivity contribution in [1.82, 2.24) is 20.1 Å². The lowest BCUT2D eigenvalue weighted by molar-refractivity contribution is 0.290. The lowest BCUT2D eigenvalue weighted by Crippen LogP contribution is -2.35. The largest absolute Gasteiger partial charge is 0.492 e. The third kappa shape index (κ3) is 5.85. The molecular weight excluding hydrogens is 332 g/mol. The number of nitrogens with one attached hydrogen (secondary N) is 1. The quantitative estimate of drug-likeness (QED) is 0.868. The van der Waals surface area contributed by atoms with Crippen molar-refractivity contribution >= 4 is 15.9 Å². The molecule has 0 bridgehead atoms. The molecule has 0 radical (unpaired) electrons. The van der Waals surface area contributed by atoms with Gasteiger partial charge in [0.2, 0.25) is 0 Å². The molecule has 0 aliphatic heterocycles. The van der Waals surface area contributed by atoms with Crippen LogP contribution in [0, 0.1) is 0 Å². The fourth-order valence-corrected chi connectivity index (χ4v) is 1.92. The summed E-state index contributed by atoms with van der Waals surface area (Å²) >= 11 is 3.40. The average Bonchev–Trinajstić information content (AvgIpc) is 2.86. The maximum Gasteiger partial charge on any atom is 0.164 e. The fourth-order valence-electron chi connectivity index (χ4n) is 1.65. The fraction of sp³-hybridized carbons (Fsp3) is 0.467. The van der Waals surface area contributed by atoms with Gasteiger partial charge in [0, 0.05) is 10.0 Å². The van der Waals surface area contributed by atoms with Gasteiger partial charge in [0.1, 0.15) is 18.7 Å². The van der Waals surface area contributed by atoms with Gasteiger partial charge in [-0.1, -0.05) is 15.9 Å². The number of hydrogen-bond acceptors (Lipinski definition) is 4. The van der Waals surface area contributed by atoms with Crippen molar-refractivity contribution in [2.24, 2.45) is 0 Å². The molecule has 21 heavy (non-hydrogen) atoms. The molecule has 0 aliphatic carbocycles. The molecule has 6 heteroatoms. The van der Waals surface area contributed by atoms with E-state index in [1.165, 1.54) is 0 Å². The van der Waals surface area contributed by atoms with E-state index in [2.05, 4.69) is 52.1 Å². The Kier molecular flexibility index (Phi) is 5.36. The molecule has 1 heterocycles. The van der Waals surface area contributed by atoms with Crippen LogP contribution in [0.3, 0.4) is 0 Å². The van der Waals surface area contributed by atoms with E-state index in [1.54, 1.807) is 11.0 Å². The monoisotopic (exact) mass is 352 g/mol. The molecule has 0 saturated heterocycles. The zero-order valence-electron chi connectivity index (χ0n) is 12.6. The molecule has 0 saturated carbocycles. The Morgan fingerprint density at radius 1 is 1.24 bits per heavy atom. The summed E-state index contributed by atoms with van der Waals surface area (Å²) in [5.41, 5.74) is 0.0656. The summed E-state index contributed by atoms with van der Waals surface area (Å²) in [4.78, 5) is 4.28. The van der Waals surface area contributed by atoms with E-state index in [9.17, 15) is 0 Å². The van der Waals surface area contributed by atoms with E-state index in [4.69, 9.17) is 4.74 Å². The number of rotatable bonds is 6. The van der Waals surface area contributed by atoms with Crippen molar-refractivity contribution in [3.05, 3.63) is 40.9 Å². The lowest BCUT2D eigenvalue weighted by atomic mass is 10.1. The summed E-state index contributed by atoms with van der Waals surface area (Å²) < 4.78 is 8.51. The van der Waals surface area contributed by atoms with Crippen LogP contribution in [0.1, 0.15) is 26.6 Å². The van der Waals surface area contributed by atoms with Crippen LogP contribution in [0.15, 0.2) is 35.1 Å². The Bertz CT molecular complexity index is 560. The van der Waals surface area contributed by atoms with Crippen LogP contribution in [-0.4, -0.2) is 26.9 Å². The first-order valence-electron chi connectivity index (χ1n) is 6.94. The number of benzene rings is 1. The molecule has 0 amide bonds. The first-order valence-corrected chi connectivity index (χ1v) is 7.73. The van der Waals surface area contributed by atoms with Gasteiger partial charge in [-0.3, -0.25) is 0 Å². The highest BCUT2D eigenvalue weighted by atomic mass is 79.9. The van der Waals surface area contributed by atoms with E-state index in [0.717, 1.165) is 16.0 Å². The third-order valence-electron chi connectivity index (χ3n) is 2.76. The standard InChI is InChI=1S/C15H21BrN4O/c1-15(2,3)18-10-14-17-11-20(19-14)8-9-21-13-6-4-12(16)5-7-13/h4-7,11,18H,8-10H2,1-3H3. The molecule has 0 fully saturated rings. The number of hydrogen-bond donors (Lipinski definition) is 1. The zero-order valence-corrected chi connectivity index (χ0v) is 14.2. The predicted octanol–water partition coefficient (Wildman–Crippen LogP) is 3.01. The molecule has 1 aromatic carbocycles. The van der Waals surface area contributed by atoms with Crippen molar-refractivity contribution in [3.63, 3.8) is 0 Å². The Morgan fingerprint density at radius 3 is 2.62 bits per heavy atom. The topological polar surface area (TPSA) is 52.0 Å². The smallest absolute Gasteiger partial charge is 0.164 e. The van der Waals surface area contributed by atoms with E-state index < -0.39 is 0 Å². The van der Waals surface area contributed by atoms with Crippen LogP contribution < -0.4 is 10.1 Å². The van der Waals surface area contributed by atoms with Crippen molar-refractivity contribution in [2.45, 2.75) is 39.4 Å². The third-order valence-corrected chi connectivity index (χ3v) is 3.29. The van der Waals surface area contributed by atoms with Crippen molar-refractivity contribution in [1.29, 1.82) is 0 Å². The van der Waals surface area contributed by atoms with Crippen LogP contribution in [0.2, 0.25) is 0 Å². The van der Waals surface area contributed by atoms with E-state index >= 15 is 0 Å². The van der Waals surface area contributed by atoms with Gasteiger partial charge in [0.05, 0.1) is 13.1 Å². The van der Waals surface area contributed by atoms with Gasteiger partial charge < -0.3 is 10.1 Å². The van der Waals surface area contributed by atoms with Gasteiger partial charge in [-0.25, -0.2) is 9.67 Å². The van der Waals surface area contributed by atoms with Crippen LogP contribution in [0.5, 0.6) is 5.75 Å². The average molecular weight is 353 g/mol. The van der Waals surface area contributed by atoms with E-state index in [-0.39, 0.29) is 5.54 Å². The molecule has 0 unspecified atom stereocenters. The minimum absolute atomic E-state index is 0.0656. The van der Waals surface area contributed by atoms with Gasteiger partial charge in [-0.05, 0) is 45.0 Å². The Balaban J connectivity index is 1.76. The minimum atomic E-state index is 0.0656. The normalized spacial score (nSPS) is 11.6. The summed E-state index contributed by atoms with van der Waals surface area (Å²) in [7, 11) is 0. The summed E-state index contributed by atoms with van der Waals surface area (Å²) in [5.74, 6) is 1.65. The van der Waals surface area contributed by atoms with Gasteiger partial charge in [-0.15, -0.1) is 0 Å². The lowest BCUT2D eigenvalue weighted by Gasteiger charge is -2.19. The maximum absolute atomic E-state index is 5.66. The first kappa shape index (κ1) is 16.0. The Hall–Kier alpha value is -1.40. The highest BCUT2D eigenvalue weighted by Crippen LogP contribution is 2.15. The molecule has 1 aromatic heterocycles.